The maximum atomic E-state index is 5.76. The van der Waals surface area contributed by atoms with Crippen molar-refractivity contribution in [1.29, 1.82) is 0 Å². The van der Waals surface area contributed by atoms with Gasteiger partial charge in [-0.3, -0.25) is 4.90 Å². The van der Waals surface area contributed by atoms with Gasteiger partial charge in [-0.25, -0.2) is 0 Å². The average Bonchev–Trinajstić information content (AvgIpc) is 2.85. The highest BCUT2D eigenvalue weighted by Gasteiger charge is 2.39. The van der Waals surface area contributed by atoms with E-state index in [1.54, 1.807) is 0 Å². The molecule has 0 amide bonds. The van der Waals surface area contributed by atoms with Gasteiger partial charge in [0.1, 0.15) is 0 Å². The number of piperidine rings is 1. The van der Waals surface area contributed by atoms with Gasteiger partial charge in [-0.05, 0) is 65.3 Å². The van der Waals surface area contributed by atoms with Crippen molar-refractivity contribution in [2.45, 2.75) is 77.4 Å². The van der Waals surface area contributed by atoms with Gasteiger partial charge in [-0.2, -0.15) is 0 Å². The zero-order valence-corrected chi connectivity index (χ0v) is 14.9. The van der Waals surface area contributed by atoms with Crippen LogP contribution in [0.4, 0.5) is 0 Å². The largest absolute Gasteiger partial charge is 0.377 e. The second-order valence-corrected chi connectivity index (χ2v) is 8.78. The monoisotopic (exact) mass is 296 g/mol. The molecule has 1 aliphatic heterocycles. The fourth-order valence-corrected chi connectivity index (χ4v) is 4.05. The molecule has 1 saturated heterocycles. The molecule has 0 bridgehead atoms. The lowest BCUT2D eigenvalue weighted by Gasteiger charge is -2.44. The Morgan fingerprint density at radius 1 is 1.10 bits per heavy atom. The predicted octanol–water partition coefficient (Wildman–Crippen LogP) is 3.44. The fourth-order valence-electron chi connectivity index (χ4n) is 4.05. The lowest BCUT2D eigenvalue weighted by molar-refractivity contribution is -0.0593. The zero-order chi connectivity index (χ0) is 15.6. The van der Waals surface area contributed by atoms with Gasteiger partial charge in [-0.15, -0.1) is 0 Å². The first kappa shape index (κ1) is 17.2. The van der Waals surface area contributed by atoms with Crippen molar-refractivity contribution in [2.24, 2.45) is 5.41 Å². The Morgan fingerprint density at radius 2 is 1.76 bits per heavy atom. The minimum atomic E-state index is 0.0650. The van der Waals surface area contributed by atoms with Crippen LogP contribution in [0.2, 0.25) is 0 Å². The summed E-state index contributed by atoms with van der Waals surface area (Å²) in [5.41, 5.74) is 0.771. The van der Waals surface area contributed by atoms with Gasteiger partial charge in [0.15, 0.2) is 0 Å². The number of nitrogens with zero attached hydrogens (tertiary/aromatic N) is 1. The number of nitrogens with one attached hydrogen (secondary N) is 1. The molecule has 1 aliphatic carbocycles. The van der Waals surface area contributed by atoms with Crippen molar-refractivity contribution >= 4 is 0 Å². The van der Waals surface area contributed by atoms with E-state index < -0.39 is 0 Å². The molecular weight excluding hydrogens is 260 g/mol. The van der Waals surface area contributed by atoms with Crippen LogP contribution >= 0.6 is 0 Å². The van der Waals surface area contributed by atoms with Crippen LogP contribution in [0.5, 0.6) is 0 Å². The quantitative estimate of drug-likeness (QED) is 0.841. The molecule has 0 aromatic rings. The highest BCUT2D eigenvalue weighted by molar-refractivity contribution is 4.94. The molecule has 1 atom stereocenters. The molecule has 0 spiro atoms. The number of rotatable bonds is 5. The number of methoxy groups -OCH3 is 1. The van der Waals surface area contributed by atoms with Gasteiger partial charge < -0.3 is 10.1 Å². The molecule has 1 saturated carbocycles. The molecule has 0 aromatic heterocycles. The van der Waals surface area contributed by atoms with E-state index in [0.717, 1.165) is 13.1 Å². The van der Waals surface area contributed by atoms with Crippen molar-refractivity contribution in [1.82, 2.24) is 10.2 Å². The summed E-state index contributed by atoms with van der Waals surface area (Å²) in [6.45, 7) is 13.9. The van der Waals surface area contributed by atoms with Gasteiger partial charge in [0.05, 0.1) is 5.60 Å². The van der Waals surface area contributed by atoms with E-state index in [-0.39, 0.29) is 11.1 Å². The van der Waals surface area contributed by atoms with E-state index in [0.29, 0.717) is 5.41 Å². The van der Waals surface area contributed by atoms with Crippen molar-refractivity contribution in [3.05, 3.63) is 0 Å². The molecule has 0 radical (unpaired) electrons. The minimum Gasteiger partial charge on any atom is -0.377 e. The SMILES string of the molecule is COC1(C)CCCN(CC2(CNC(C)(C)C)CCCC2)C1. The molecule has 2 aliphatic rings. The molecule has 1 unspecified atom stereocenters. The van der Waals surface area contributed by atoms with Crippen molar-refractivity contribution in [3.8, 4) is 0 Å². The molecule has 124 valence electrons. The molecule has 2 fully saturated rings. The Morgan fingerprint density at radius 3 is 2.33 bits per heavy atom. The first-order valence-electron chi connectivity index (χ1n) is 8.79. The van der Waals surface area contributed by atoms with Crippen LogP contribution in [-0.2, 0) is 4.74 Å². The Hall–Kier alpha value is -0.120. The highest BCUT2D eigenvalue weighted by atomic mass is 16.5. The van der Waals surface area contributed by atoms with E-state index in [9.17, 15) is 0 Å². The number of ether oxygens (including phenoxy) is 1. The second-order valence-electron chi connectivity index (χ2n) is 8.78. The summed E-state index contributed by atoms with van der Waals surface area (Å²) < 4.78 is 5.76. The summed E-state index contributed by atoms with van der Waals surface area (Å²) in [5.74, 6) is 0. The Balaban J connectivity index is 1.96. The summed E-state index contributed by atoms with van der Waals surface area (Å²) in [7, 11) is 1.87. The predicted molar refractivity (Wildman–Crippen MR) is 89.7 cm³/mol. The van der Waals surface area contributed by atoms with E-state index in [2.05, 4.69) is 37.9 Å². The van der Waals surface area contributed by atoms with E-state index in [4.69, 9.17) is 4.74 Å². The van der Waals surface area contributed by atoms with Crippen LogP contribution in [0, 0.1) is 5.41 Å². The number of hydrogen-bond acceptors (Lipinski definition) is 3. The van der Waals surface area contributed by atoms with Gasteiger partial charge >= 0.3 is 0 Å². The number of hydrogen-bond donors (Lipinski definition) is 1. The maximum absolute atomic E-state index is 5.76. The van der Waals surface area contributed by atoms with Crippen LogP contribution in [0.1, 0.15) is 66.2 Å². The molecule has 3 nitrogen and oxygen atoms in total. The topological polar surface area (TPSA) is 24.5 Å². The van der Waals surface area contributed by atoms with Crippen LogP contribution in [0.25, 0.3) is 0 Å². The lowest BCUT2D eigenvalue weighted by atomic mass is 9.83. The minimum absolute atomic E-state index is 0.0650. The molecule has 21 heavy (non-hydrogen) atoms. The standard InChI is InChI=1S/C18H36N2O/c1-16(2,3)19-13-18(10-6-7-11-18)15-20-12-8-9-17(4,14-20)21-5/h19H,6-15H2,1-5H3. The fraction of sp³-hybridized carbons (Fsp3) is 1.00. The molecule has 1 N–H and O–H groups in total. The lowest BCUT2D eigenvalue weighted by Crippen LogP contribution is -2.53. The third-order valence-corrected chi connectivity index (χ3v) is 5.45. The molecule has 2 rings (SSSR count). The first-order chi connectivity index (χ1) is 9.76. The number of likely N-dealkylation sites (tertiary alicyclic amines) is 1. The van der Waals surface area contributed by atoms with Crippen molar-refractivity contribution in [2.75, 3.05) is 33.3 Å². The second kappa shape index (κ2) is 6.55. The third-order valence-electron chi connectivity index (χ3n) is 5.45. The molecule has 0 aromatic carbocycles. The van der Waals surface area contributed by atoms with Gasteiger partial charge in [0, 0.05) is 32.3 Å². The molecular formula is C18H36N2O. The van der Waals surface area contributed by atoms with Crippen LogP contribution in [0.15, 0.2) is 0 Å². The first-order valence-corrected chi connectivity index (χ1v) is 8.79. The highest BCUT2D eigenvalue weighted by Crippen LogP contribution is 2.40. The van der Waals surface area contributed by atoms with E-state index >= 15 is 0 Å². The summed E-state index contributed by atoms with van der Waals surface area (Å²) in [5, 5.41) is 3.77. The molecule has 3 heteroatoms. The van der Waals surface area contributed by atoms with Crippen molar-refractivity contribution < 1.29 is 4.74 Å². The van der Waals surface area contributed by atoms with E-state index in [1.807, 2.05) is 7.11 Å². The Labute approximate surface area is 131 Å². The van der Waals surface area contributed by atoms with Crippen LogP contribution in [-0.4, -0.2) is 49.3 Å². The Kier molecular flexibility index (Phi) is 5.38. The summed E-state index contributed by atoms with van der Waals surface area (Å²) in [6, 6.07) is 0. The van der Waals surface area contributed by atoms with Gasteiger partial charge in [0.25, 0.3) is 0 Å². The summed E-state index contributed by atoms with van der Waals surface area (Å²) in [6.07, 6.45) is 8.05. The molecule has 1 heterocycles. The van der Waals surface area contributed by atoms with Gasteiger partial charge in [-0.1, -0.05) is 12.8 Å². The van der Waals surface area contributed by atoms with Crippen LogP contribution in [0.3, 0.4) is 0 Å². The summed E-state index contributed by atoms with van der Waals surface area (Å²) in [4.78, 5) is 2.67. The Bertz CT molecular complexity index is 331. The van der Waals surface area contributed by atoms with Gasteiger partial charge in [0.2, 0.25) is 0 Å². The maximum Gasteiger partial charge on any atom is 0.0777 e. The van der Waals surface area contributed by atoms with Crippen molar-refractivity contribution in [3.63, 3.8) is 0 Å². The van der Waals surface area contributed by atoms with E-state index in [1.165, 1.54) is 51.6 Å². The average molecular weight is 296 g/mol. The third kappa shape index (κ3) is 4.94. The zero-order valence-electron chi connectivity index (χ0n) is 14.9. The summed E-state index contributed by atoms with van der Waals surface area (Å²) >= 11 is 0. The normalized spacial score (nSPS) is 30.7. The smallest absolute Gasteiger partial charge is 0.0777 e. The van der Waals surface area contributed by atoms with Crippen LogP contribution < -0.4 is 5.32 Å².